The zero-order chi connectivity index (χ0) is 8.48. The van der Waals surface area contributed by atoms with Crippen LogP contribution >= 0.6 is 0 Å². The van der Waals surface area contributed by atoms with E-state index in [2.05, 4.69) is 39.8 Å². The van der Waals surface area contributed by atoms with Gasteiger partial charge in [0.1, 0.15) is 0 Å². The van der Waals surface area contributed by atoms with Gasteiger partial charge in [-0.3, -0.25) is 0 Å². The third-order valence-electron chi connectivity index (χ3n) is 3.77. The molecule has 1 fully saturated rings. The van der Waals surface area contributed by atoms with Crippen LogP contribution in [0.25, 0.3) is 0 Å². The molecule has 1 saturated carbocycles. The molecule has 0 spiro atoms. The maximum Gasteiger partial charge on any atom is -0.0266 e. The smallest absolute Gasteiger partial charge is 0.0266 e. The summed E-state index contributed by atoms with van der Waals surface area (Å²) in [5, 5.41) is 0. The molecule has 3 unspecified atom stereocenters. The standard InChI is InChI=1S/C11H20/c1-5-7-8-10-9(3)11(10,4)6-2/h5,7,9-10H,6,8H2,1-4H3. The largest absolute Gasteiger partial charge is 0.0917 e. The van der Waals surface area contributed by atoms with Crippen molar-refractivity contribution < 1.29 is 0 Å². The van der Waals surface area contributed by atoms with Crippen LogP contribution in [0.3, 0.4) is 0 Å². The van der Waals surface area contributed by atoms with Crippen LogP contribution in [0, 0.1) is 17.3 Å². The number of hydrogen-bond acceptors (Lipinski definition) is 0. The molecule has 0 bridgehead atoms. The van der Waals surface area contributed by atoms with Crippen LogP contribution in [-0.2, 0) is 0 Å². The van der Waals surface area contributed by atoms with Crippen molar-refractivity contribution in [1.82, 2.24) is 0 Å². The topological polar surface area (TPSA) is 0 Å². The first-order chi connectivity index (χ1) is 5.16. The second kappa shape index (κ2) is 3.00. The van der Waals surface area contributed by atoms with E-state index in [1.54, 1.807) is 0 Å². The Labute approximate surface area is 70.7 Å². The SMILES string of the molecule is CC=CCC1C(C)C1(C)CC. The van der Waals surface area contributed by atoms with Crippen LogP contribution in [-0.4, -0.2) is 0 Å². The highest BCUT2D eigenvalue weighted by Crippen LogP contribution is 2.62. The molecule has 0 aromatic carbocycles. The monoisotopic (exact) mass is 152 g/mol. The Morgan fingerprint density at radius 1 is 1.45 bits per heavy atom. The Kier molecular flexibility index (Phi) is 2.41. The van der Waals surface area contributed by atoms with Gasteiger partial charge in [-0.2, -0.15) is 0 Å². The molecule has 11 heavy (non-hydrogen) atoms. The Balaban J connectivity index is 2.41. The maximum atomic E-state index is 2.42. The van der Waals surface area contributed by atoms with Gasteiger partial charge in [-0.1, -0.05) is 39.3 Å². The molecular weight excluding hydrogens is 132 g/mol. The number of hydrogen-bond donors (Lipinski definition) is 0. The highest BCUT2D eigenvalue weighted by atomic mass is 14.6. The van der Waals surface area contributed by atoms with Gasteiger partial charge in [0.15, 0.2) is 0 Å². The van der Waals surface area contributed by atoms with E-state index in [0.717, 1.165) is 11.8 Å². The number of allylic oxidation sites excluding steroid dienone is 2. The molecule has 1 rings (SSSR count). The van der Waals surface area contributed by atoms with Crippen LogP contribution in [0.15, 0.2) is 12.2 Å². The molecule has 0 amide bonds. The molecule has 0 aromatic heterocycles. The van der Waals surface area contributed by atoms with E-state index in [4.69, 9.17) is 0 Å². The highest BCUT2D eigenvalue weighted by Gasteiger charge is 2.55. The minimum absolute atomic E-state index is 0.666. The lowest BCUT2D eigenvalue weighted by Gasteiger charge is -2.04. The molecule has 0 N–H and O–H groups in total. The van der Waals surface area contributed by atoms with E-state index >= 15 is 0 Å². The van der Waals surface area contributed by atoms with Crippen molar-refractivity contribution in [2.75, 3.05) is 0 Å². The van der Waals surface area contributed by atoms with E-state index in [1.165, 1.54) is 12.8 Å². The lowest BCUT2D eigenvalue weighted by atomic mass is 10.0. The van der Waals surface area contributed by atoms with Crippen LogP contribution in [0.2, 0.25) is 0 Å². The van der Waals surface area contributed by atoms with Crippen LogP contribution in [0.4, 0.5) is 0 Å². The summed E-state index contributed by atoms with van der Waals surface area (Å²) in [5.74, 6) is 1.91. The fourth-order valence-corrected chi connectivity index (χ4v) is 2.25. The summed E-state index contributed by atoms with van der Waals surface area (Å²) in [6.45, 7) is 9.23. The molecular formula is C11H20. The molecule has 0 aliphatic heterocycles. The van der Waals surface area contributed by atoms with E-state index in [9.17, 15) is 0 Å². The minimum Gasteiger partial charge on any atom is -0.0917 e. The number of rotatable bonds is 3. The predicted octanol–water partition coefficient (Wildman–Crippen LogP) is 3.63. The Bertz CT molecular complexity index is 157. The quantitative estimate of drug-likeness (QED) is 0.542. The third kappa shape index (κ3) is 1.36. The summed E-state index contributed by atoms with van der Waals surface area (Å²) in [4.78, 5) is 0. The zero-order valence-corrected chi connectivity index (χ0v) is 8.22. The lowest BCUT2D eigenvalue weighted by molar-refractivity contribution is 0.468. The average molecular weight is 152 g/mol. The first-order valence-corrected chi connectivity index (χ1v) is 4.78. The van der Waals surface area contributed by atoms with E-state index in [-0.39, 0.29) is 0 Å². The van der Waals surface area contributed by atoms with Gasteiger partial charge < -0.3 is 0 Å². The van der Waals surface area contributed by atoms with Crippen molar-refractivity contribution in [2.24, 2.45) is 17.3 Å². The normalized spacial score (nSPS) is 43.3. The molecule has 0 saturated heterocycles. The summed E-state index contributed by atoms with van der Waals surface area (Å²) < 4.78 is 0. The summed E-state index contributed by atoms with van der Waals surface area (Å²) in [6.07, 6.45) is 7.11. The van der Waals surface area contributed by atoms with Crippen molar-refractivity contribution in [2.45, 2.75) is 40.5 Å². The Hall–Kier alpha value is -0.260. The van der Waals surface area contributed by atoms with Gasteiger partial charge in [-0.15, -0.1) is 0 Å². The van der Waals surface area contributed by atoms with Crippen molar-refractivity contribution in [3.05, 3.63) is 12.2 Å². The van der Waals surface area contributed by atoms with Crippen molar-refractivity contribution in [3.63, 3.8) is 0 Å². The summed E-state index contributed by atoms with van der Waals surface area (Å²) in [5.41, 5.74) is 0.666. The average Bonchev–Trinajstić information content (AvgIpc) is 2.53. The van der Waals surface area contributed by atoms with Gasteiger partial charge in [-0.25, -0.2) is 0 Å². The summed E-state index contributed by atoms with van der Waals surface area (Å²) in [7, 11) is 0. The fraction of sp³-hybridized carbons (Fsp3) is 0.818. The molecule has 0 radical (unpaired) electrons. The van der Waals surface area contributed by atoms with Crippen LogP contribution in [0.1, 0.15) is 40.5 Å². The van der Waals surface area contributed by atoms with E-state index < -0.39 is 0 Å². The Morgan fingerprint density at radius 2 is 2.09 bits per heavy atom. The molecule has 0 heterocycles. The molecule has 0 aromatic rings. The van der Waals surface area contributed by atoms with Gasteiger partial charge in [0, 0.05) is 0 Å². The maximum absolute atomic E-state index is 2.42. The summed E-state index contributed by atoms with van der Waals surface area (Å²) >= 11 is 0. The minimum atomic E-state index is 0.666. The van der Waals surface area contributed by atoms with Gasteiger partial charge >= 0.3 is 0 Å². The van der Waals surface area contributed by atoms with Gasteiger partial charge in [0.2, 0.25) is 0 Å². The molecule has 1 aliphatic rings. The fourth-order valence-electron chi connectivity index (χ4n) is 2.25. The van der Waals surface area contributed by atoms with Crippen LogP contribution < -0.4 is 0 Å². The third-order valence-corrected chi connectivity index (χ3v) is 3.77. The molecule has 64 valence electrons. The van der Waals surface area contributed by atoms with E-state index in [1.807, 2.05) is 0 Å². The molecule has 1 aliphatic carbocycles. The molecule has 0 nitrogen and oxygen atoms in total. The van der Waals surface area contributed by atoms with Crippen molar-refractivity contribution in [1.29, 1.82) is 0 Å². The van der Waals surface area contributed by atoms with Gasteiger partial charge in [0.25, 0.3) is 0 Å². The molecule has 0 heteroatoms. The predicted molar refractivity (Wildman–Crippen MR) is 50.5 cm³/mol. The van der Waals surface area contributed by atoms with E-state index in [0.29, 0.717) is 5.41 Å². The first-order valence-electron chi connectivity index (χ1n) is 4.78. The lowest BCUT2D eigenvalue weighted by Crippen LogP contribution is -1.95. The van der Waals surface area contributed by atoms with Gasteiger partial charge in [0.05, 0.1) is 0 Å². The summed E-state index contributed by atoms with van der Waals surface area (Å²) in [6, 6.07) is 0. The molecule has 3 atom stereocenters. The second-order valence-corrected chi connectivity index (χ2v) is 4.06. The first kappa shape index (κ1) is 8.83. The van der Waals surface area contributed by atoms with Gasteiger partial charge in [-0.05, 0) is 30.6 Å². The highest BCUT2D eigenvalue weighted by molar-refractivity contribution is 5.07. The zero-order valence-electron chi connectivity index (χ0n) is 8.22. The van der Waals surface area contributed by atoms with Crippen molar-refractivity contribution in [3.8, 4) is 0 Å². The van der Waals surface area contributed by atoms with Crippen molar-refractivity contribution >= 4 is 0 Å². The van der Waals surface area contributed by atoms with Crippen LogP contribution in [0.5, 0.6) is 0 Å². The second-order valence-electron chi connectivity index (χ2n) is 4.06. The Morgan fingerprint density at radius 3 is 2.45 bits per heavy atom.